The van der Waals surface area contributed by atoms with Gasteiger partial charge in [-0.15, -0.1) is 0 Å². The highest BCUT2D eigenvalue weighted by Crippen LogP contribution is 2.15. The first-order chi connectivity index (χ1) is 10.5. The number of esters is 1. The number of hydrogen-bond donors (Lipinski definition) is 1. The molecule has 1 N–H and O–H groups in total. The summed E-state index contributed by atoms with van der Waals surface area (Å²) in [5, 5.41) is 3.01. The summed E-state index contributed by atoms with van der Waals surface area (Å²) in [6.45, 7) is 0.507. The number of benzene rings is 1. The van der Waals surface area contributed by atoms with Gasteiger partial charge < -0.3 is 10.1 Å². The number of unbranched alkanes of at least 4 members (excludes halogenated alkanes) is 2. The molecule has 0 aromatic heterocycles. The van der Waals surface area contributed by atoms with Gasteiger partial charge in [0.05, 0.1) is 7.11 Å². The molecule has 0 aliphatic heterocycles. The standard InChI is InChI=1S/C16H19ClFNO3/c1-22-16(21)5-3-2-4-10-19-15(20)9-7-12-6-8-13(17)11-14(12)18/h6-9,11H,2-5,10H2,1H3,(H,19,20)/b9-7+. The van der Waals surface area contributed by atoms with Crippen molar-refractivity contribution in [1.29, 1.82) is 0 Å². The number of nitrogens with one attached hydrogen (secondary N) is 1. The first kappa shape index (κ1) is 18.2. The zero-order chi connectivity index (χ0) is 16.4. The lowest BCUT2D eigenvalue weighted by Crippen LogP contribution is -2.22. The molecule has 0 spiro atoms. The van der Waals surface area contributed by atoms with Crippen LogP contribution in [0.1, 0.15) is 31.2 Å². The fourth-order valence-corrected chi connectivity index (χ4v) is 1.90. The molecule has 1 rings (SSSR count). The summed E-state index contributed by atoms with van der Waals surface area (Å²) in [5.74, 6) is -0.987. The Balaban J connectivity index is 2.23. The van der Waals surface area contributed by atoms with Gasteiger partial charge in [-0.2, -0.15) is 0 Å². The van der Waals surface area contributed by atoms with E-state index in [0.717, 1.165) is 19.3 Å². The van der Waals surface area contributed by atoms with Gasteiger partial charge in [0, 0.05) is 29.6 Å². The lowest BCUT2D eigenvalue weighted by molar-refractivity contribution is -0.140. The Bertz CT molecular complexity index is 546. The van der Waals surface area contributed by atoms with Crippen LogP contribution in [0.4, 0.5) is 4.39 Å². The zero-order valence-corrected chi connectivity index (χ0v) is 13.2. The third-order valence-corrected chi connectivity index (χ3v) is 3.20. The first-order valence-corrected chi connectivity index (χ1v) is 7.38. The average molecular weight is 328 g/mol. The molecule has 0 aliphatic rings. The van der Waals surface area contributed by atoms with Crippen LogP contribution in [0.15, 0.2) is 24.3 Å². The molecule has 4 nitrogen and oxygen atoms in total. The van der Waals surface area contributed by atoms with Gasteiger partial charge in [0.15, 0.2) is 0 Å². The summed E-state index contributed by atoms with van der Waals surface area (Å²) >= 11 is 5.65. The third kappa shape index (κ3) is 7.22. The molecule has 1 aromatic rings. The molecule has 0 saturated heterocycles. The minimum Gasteiger partial charge on any atom is -0.469 e. The van der Waals surface area contributed by atoms with Crippen molar-refractivity contribution >= 4 is 29.6 Å². The van der Waals surface area contributed by atoms with Crippen LogP contribution < -0.4 is 5.32 Å². The molecular formula is C16H19ClFNO3. The Morgan fingerprint density at radius 1 is 1.32 bits per heavy atom. The highest BCUT2D eigenvalue weighted by atomic mass is 35.5. The number of amides is 1. The molecule has 1 aromatic carbocycles. The summed E-state index contributed by atoms with van der Waals surface area (Å²) in [5.41, 5.74) is 0.303. The van der Waals surface area contributed by atoms with Crippen molar-refractivity contribution in [3.63, 3.8) is 0 Å². The van der Waals surface area contributed by atoms with Crippen LogP contribution in [0.2, 0.25) is 5.02 Å². The van der Waals surface area contributed by atoms with E-state index in [-0.39, 0.29) is 11.9 Å². The van der Waals surface area contributed by atoms with Gasteiger partial charge in [0.1, 0.15) is 5.82 Å². The van der Waals surface area contributed by atoms with Gasteiger partial charge >= 0.3 is 5.97 Å². The van der Waals surface area contributed by atoms with E-state index in [4.69, 9.17) is 11.6 Å². The summed E-state index contributed by atoms with van der Waals surface area (Å²) in [4.78, 5) is 22.4. The predicted molar refractivity (Wildman–Crippen MR) is 83.9 cm³/mol. The lowest BCUT2D eigenvalue weighted by Gasteiger charge is -2.02. The Kier molecular flexibility index (Phi) is 8.22. The molecule has 0 radical (unpaired) electrons. The highest BCUT2D eigenvalue weighted by molar-refractivity contribution is 6.30. The van der Waals surface area contributed by atoms with Crippen LogP contribution in [0.3, 0.4) is 0 Å². The lowest BCUT2D eigenvalue weighted by atomic mass is 10.2. The van der Waals surface area contributed by atoms with Gasteiger partial charge in [-0.3, -0.25) is 9.59 Å². The number of methoxy groups -OCH3 is 1. The van der Waals surface area contributed by atoms with Crippen molar-refractivity contribution in [2.24, 2.45) is 0 Å². The fourth-order valence-electron chi connectivity index (χ4n) is 1.75. The smallest absolute Gasteiger partial charge is 0.305 e. The SMILES string of the molecule is COC(=O)CCCCCNC(=O)/C=C/c1ccc(Cl)cc1F. The van der Waals surface area contributed by atoms with Gasteiger partial charge in [-0.05, 0) is 31.1 Å². The second kappa shape index (κ2) is 9.95. The highest BCUT2D eigenvalue weighted by Gasteiger charge is 2.01. The normalized spacial score (nSPS) is 10.7. The number of hydrogen-bond acceptors (Lipinski definition) is 3. The van der Waals surface area contributed by atoms with E-state index in [1.54, 1.807) is 6.07 Å². The maximum absolute atomic E-state index is 13.5. The molecule has 0 unspecified atom stereocenters. The largest absolute Gasteiger partial charge is 0.469 e. The molecule has 0 saturated carbocycles. The van der Waals surface area contributed by atoms with Gasteiger partial charge in [0.25, 0.3) is 0 Å². The second-order valence-electron chi connectivity index (χ2n) is 4.68. The van der Waals surface area contributed by atoms with Crippen molar-refractivity contribution in [2.45, 2.75) is 25.7 Å². The molecule has 1 amide bonds. The van der Waals surface area contributed by atoms with E-state index in [1.807, 2.05) is 0 Å². The van der Waals surface area contributed by atoms with Crippen molar-refractivity contribution in [2.75, 3.05) is 13.7 Å². The van der Waals surface area contributed by atoms with Crippen LogP contribution in [-0.2, 0) is 14.3 Å². The van der Waals surface area contributed by atoms with E-state index in [0.29, 0.717) is 23.6 Å². The predicted octanol–water partition coefficient (Wildman–Crippen LogP) is 3.34. The van der Waals surface area contributed by atoms with E-state index in [9.17, 15) is 14.0 Å². The molecule has 0 atom stereocenters. The number of ether oxygens (including phenoxy) is 1. The minimum absolute atomic E-state index is 0.225. The third-order valence-electron chi connectivity index (χ3n) is 2.96. The van der Waals surface area contributed by atoms with E-state index in [2.05, 4.69) is 10.1 Å². The molecule has 0 aliphatic carbocycles. The van der Waals surface area contributed by atoms with Crippen molar-refractivity contribution < 1.29 is 18.7 Å². The van der Waals surface area contributed by atoms with Crippen LogP contribution in [0.5, 0.6) is 0 Å². The van der Waals surface area contributed by atoms with Crippen LogP contribution in [-0.4, -0.2) is 25.5 Å². The van der Waals surface area contributed by atoms with Gasteiger partial charge in [-0.25, -0.2) is 4.39 Å². The van der Waals surface area contributed by atoms with Crippen LogP contribution in [0, 0.1) is 5.82 Å². The molecule has 6 heteroatoms. The summed E-state index contributed by atoms with van der Waals surface area (Å²) in [6.07, 6.45) is 5.39. The Labute approximate surface area is 134 Å². The maximum Gasteiger partial charge on any atom is 0.305 e. The summed E-state index contributed by atoms with van der Waals surface area (Å²) < 4.78 is 18.0. The van der Waals surface area contributed by atoms with Gasteiger partial charge in [0.2, 0.25) is 5.91 Å². The van der Waals surface area contributed by atoms with E-state index >= 15 is 0 Å². The van der Waals surface area contributed by atoms with Crippen LogP contribution >= 0.6 is 11.6 Å². The minimum atomic E-state index is -0.473. The summed E-state index contributed by atoms with van der Waals surface area (Å²) in [6, 6.07) is 4.26. The number of rotatable bonds is 8. The molecule has 0 heterocycles. The molecule has 0 bridgehead atoms. The van der Waals surface area contributed by atoms with Gasteiger partial charge in [-0.1, -0.05) is 24.1 Å². The average Bonchev–Trinajstić information content (AvgIpc) is 2.49. The Morgan fingerprint density at radius 2 is 2.09 bits per heavy atom. The monoisotopic (exact) mass is 327 g/mol. The zero-order valence-electron chi connectivity index (χ0n) is 12.4. The number of halogens is 2. The molecule has 0 fully saturated rings. The molecule has 120 valence electrons. The molecular weight excluding hydrogens is 309 g/mol. The van der Waals surface area contributed by atoms with Crippen molar-refractivity contribution in [3.8, 4) is 0 Å². The van der Waals surface area contributed by atoms with E-state index in [1.165, 1.54) is 31.4 Å². The number of carbonyl (C=O) groups excluding carboxylic acids is 2. The quantitative estimate of drug-likeness (QED) is 0.452. The topological polar surface area (TPSA) is 55.4 Å². The fraction of sp³-hybridized carbons (Fsp3) is 0.375. The second-order valence-corrected chi connectivity index (χ2v) is 5.11. The number of carbonyl (C=O) groups is 2. The Hall–Kier alpha value is -1.88. The molecule has 22 heavy (non-hydrogen) atoms. The maximum atomic E-state index is 13.5. The summed E-state index contributed by atoms with van der Waals surface area (Å²) in [7, 11) is 1.36. The Morgan fingerprint density at radius 3 is 2.77 bits per heavy atom. The van der Waals surface area contributed by atoms with E-state index < -0.39 is 5.82 Å². The first-order valence-electron chi connectivity index (χ1n) is 7.00. The van der Waals surface area contributed by atoms with Crippen molar-refractivity contribution in [1.82, 2.24) is 5.32 Å². The van der Waals surface area contributed by atoms with Crippen molar-refractivity contribution in [3.05, 3.63) is 40.7 Å². The van der Waals surface area contributed by atoms with Crippen LogP contribution in [0.25, 0.3) is 6.08 Å².